The van der Waals surface area contributed by atoms with Gasteiger partial charge in [0.05, 0.1) is 0 Å². The molecular weight excluding hydrogens is 420 g/mol. The number of hydrogen-bond acceptors (Lipinski definition) is 2. The van der Waals surface area contributed by atoms with Gasteiger partial charge in [0.15, 0.2) is 0 Å². The average molecular weight is 450 g/mol. The quantitative estimate of drug-likeness (QED) is 0.582. The Hall–Kier alpha value is -3.15. The van der Waals surface area contributed by atoms with Crippen molar-refractivity contribution in [2.45, 2.75) is 38.0 Å². The van der Waals surface area contributed by atoms with Crippen LogP contribution in [0.3, 0.4) is 0 Å². The van der Waals surface area contributed by atoms with Crippen LogP contribution in [0.2, 0.25) is 0 Å². The molecule has 0 bridgehead atoms. The minimum atomic E-state index is -0.251. The summed E-state index contributed by atoms with van der Waals surface area (Å²) < 4.78 is 28.2. The highest BCUT2D eigenvalue weighted by Gasteiger charge is 2.37. The molecule has 1 unspecified atom stereocenters. The van der Waals surface area contributed by atoms with E-state index in [9.17, 15) is 13.6 Å². The maximum atomic E-state index is 14.1. The molecule has 2 aromatic rings. The number of carbonyl (C=O) groups excluding carboxylic acids is 1. The molecule has 3 aliphatic rings. The Morgan fingerprint density at radius 3 is 2.73 bits per heavy atom. The number of allylic oxidation sites excluding steroid dienone is 4. The Bertz CT molecular complexity index is 1130. The molecule has 0 aromatic heterocycles. The molecule has 3 atom stereocenters. The maximum absolute atomic E-state index is 14.1. The zero-order valence-electron chi connectivity index (χ0n) is 18.8. The van der Waals surface area contributed by atoms with Gasteiger partial charge in [0, 0.05) is 36.9 Å². The lowest BCUT2D eigenvalue weighted by Gasteiger charge is -2.44. The standard InChI is InChI=1S/C27H29F2N3O/c1-2-30-27(33)31-21-15-24-22(17-5-3-7-19(28)13-17)9-11-32-12-10-23(25(16-21)26(24)32)18-6-4-8-20(29)14-18/h3-5,7-8,13-16,18,22-23H,2,6,9-12H2,1H3,(H2,30,31,33)/t18?,22-,23-/m0/s1. The highest BCUT2D eigenvalue weighted by molar-refractivity contribution is 5.90. The molecule has 0 spiro atoms. The molecule has 1 aliphatic carbocycles. The highest BCUT2D eigenvalue weighted by Crippen LogP contribution is 2.51. The number of halogens is 2. The molecular formula is C27H29F2N3O. The van der Waals surface area contributed by atoms with Gasteiger partial charge in [-0.25, -0.2) is 13.6 Å². The van der Waals surface area contributed by atoms with Gasteiger partial charge in [0.2, 0.25) is 0 Å². The Kier molecular flexibility index (Phi) is 5.92. The molecule has 6 heteroatoms. The van der Waals surface area contributed by atoms with Crippen molar-refractivity contribution < 1.29 is 13.6 Å². The largest absolute Gasteiger partial charge is 0.371 e. The molecule has 4 nitrogen and oxygen atoms in total. The fourth-order valence-corrected chi connectivity index (χ4v) is 5.69. The first kappa shape index (κ1) is 21.7. The van der Waals surface area contributed by atoms with E-state index in [1.165, 1.54) is 17.8 Å². The van der Waals surface area contributed by atoms with Crippen LogP contribution < -0.4 is 15.5 Å². The minimum absolute atomic E-state index is 0.0407. The van der Waals surface area contributed by atoms with Crippen molar-refractivity contribution in [2.24, 2.45) is 5.92 Å². The zero-order chi connectivity index (χ0) is 22.9. The molecule has 0 saturated heterocycles. The maximum Gasteiger partial charge on any atom is 0.319 e. The van der Waals surface area contributed by atoms with Gasteiger partial charge >= 0.3 is 6.03 Å². The highest BCUT2D eigenvalue weighted by atomic mass is 19.1. The first-order valence-corrected chi connectivity index (χ1v) is 11.8. The number of nitrogens with one attached hydrogen (secondary N) is 2. The van der Waals surface area contributed by atoms with Crippen LogP contribution in [-0.2, 0) is 0 Å². The Labute approximate surface area is 193 Å². The summed E-state index contributed by atoms with van der Waals surface area (Å²) in [6, 6.07) is 10.7. The summed E-state index contributed by atoms with van der Waals surface area (Å²) in [6.45, 7) is 4.22. The number of amides is 2. The zero-order valence-corrected chi connectivity index (χ0v) is 18.8. The number of benzene rings is 2. The summed E-state index contributed by atoms with van der Waals surface area (Å²) in [5, 5.41) is 5.76. The van der Waals surface area contributed by atoms with Crippen LogP contribution in [0.25, 0.3) is 0 Å². The predicted octanol–water partition coefficient (Wildman–Crippen LogP) is 6.23. The SMILES string of the molecule is CCNC(=O)Nc1cc2c3c(c1)[C@H](C1C=C(F)C=CC1)CCN3CC[C@H]2c1cccc(F)c1. The second-order valence-corrected chi connectivity index (χ2v) is 9.12. The Balaban J connectivity index is 1.62. The molecule has 33 heavy (non-hydrogen) atoms. The molecule has 0 radical (unpaired) electrons. The Morgan fingerprint density at radius 2 is 1.94 bits per heavy atom. The van der Waals surface area contributed by atoms with Crippen LogP contribution in [0.15, 0.2) is 60.5 Å². The van der Waals surface area contributed by atoms with E-state index < -0.39 is 0 Å². The number of carbonyl (C=O) groups is 1. The molecule has 2 N–H and O–H groups in total. The predicted molar refractivity (Wildman–Crippen MR) is 128 cm³/mol. The number of urea groups is 1. The van der Waals surface area contributed by atoms with Crippen molar-refractivity contribution in [1.29, 1.82) is 0 Å². The number of anilines is 2. The van der Waals surface area contributed by atoms with Gasteiger partial charge in [0.25, 0.3) is 0 Å². The first-order valence-electron chi connectivity index (χ1n) is 11.8. The van der Waals surface area contributed by atoms with E-state index in [1.807, 2.05) is 25.1 Å². The normalized spacial score (nSPS) is 23.5. The second-order valence-electron chi connectivity index (χ2n) is 9.12. The van der Waals surface area contributed by atoms with Crippen LogP contribution >= 0.6 is 0 Å². The third kappa shape index (κ3) is 4.26. The molecule has 2 aliphatic heterocycles. The minimum Gasteiger partial charge on any atom is -0.371 e. The van der Waals surface area contributed by atoms with Crippen LogP contribution in [-0.4, -0.2) is 25.7 Å². The van der Waals surface area contributed by atoms with Crippen molar-refractivity contribution in [2.75, 3.05) is 29.9 Å². The van der Waals surface area contributed by atoms with E-state index in [-0.39, 0.29) is 35.4 Å². The van der Waals surface area contributed by atoms with Crippen molar-refractivity contribution >= 4 is 17.4 Å². The summed E-state index contributed by atoms with van der Waals surface area (Å²) in [5.41, 5.74) is 5.10. The Morgan fingerprint density at radius 1 is 1.12 bits per heavy atom. The van der Waals surface area contributed by atoms with Crippen LogP contribution in [0.1, 0.15) is 54.7 Å². The van der Waals surface area contributed by atoms with E-state index >= 15 is 0 Å². The molecule has 2 heterocycles. The van der Waals surface area contributed by atoms with E-state index in [2.05, 4.69) is 21.6 Å². The summed E-state index contributed by atoms with van der Waals surface area (Å²) in [6.07, 6.45) is 7.80. The van der Waals surface area contributed by atoms with E-state index in [0.29, 0.717) is 6.54 Å². The van der Waals surface area contributed by atoms with E-state index in [4.69, 9.17) is 0 Å². The fourth-order valence-electron chi connectivity index (χ4n) is 5.69. The summed E-state index contributed by atoms with van der Waals surface area (Å²) in [4.78, 5) is 14.7. The van der Waals surface area contributed by atoms with Gasteiger partial charge in [-0.1, -0.05) is 18.2 Å². The van der Waals surface area contributed by atoms with Crippen LogP contribution in [0.5, 0.6) is 0 Å². The van der Waals surface area contributed by atoms with Crippen molar-refractivity contribution in [1.82, 2.24) is 5.32 Å². The van der Waals surface area contributed by atoms with Gasteiger partial charge in [-0.05, 0) is 91.1 Å². The summed E-state index contributed by atoms with van der Waals surface area (Å²) in [7, 11) is 0. The average Bonchev–Trinajstić information content (AvgIpc) is 2.79. The molecule has 0 fully saturated rings. The third-order valence-electron chi connectivity index (χ3n) is 7.08. The first-order chi connectivity index (χ1) is 16.0. The lowest BCUT2D eigenvalue weighted by atomic mass is 9.73. The smallest absolute Gasteiger partial charge is 0.319 e. The number of nitrogens with zero attached hydrogens (tertiary/aromatic N) is 1. The van der Waals surface area contributed by atoms with Crippen molar-refractivity contribution in [3.63, 3.8) is 0 Å². The molecule has 5 rings (SSSR count). The molecule has 2 amide bonds. The monoisotopic (exact) mass is 449 g/mol. The van der Waals surface area contributed by atoms with E-state index in [0.717, 1.165) is 54.7 Å². The fraction of sp³-hybridized carbons (Fsp3) is 0.370. The van der Waals surface area contributed by atoms with Crippen molar-refractivity contribution in [3.05, 3.63) is 83.0 Å². The van der Waals surface area contributed by atoms with Gasteiger partial charge < -0.3 is 15.5 Å². The number of hydrogen-bond donors (Lipinski definition) is 2. The molecule has 172 valence electrons. The van der Waals surface area contributed by atoms with Gasteiger partial charge in [0.1, 0.15) is 11.6 Å². The lowest BCUT2D eigenvalue weighted by molar-refractivity contribution is 0.252. The van der Waals surface area contributed by atoms with Crippen LogP contribution in [0, 0.1) is 11.7 Å². The molecule has 0 saturated carbocycles. The van der Waals surface area contributed by atoms with E-state index in [1.54, 1.807) is 18.2 Å². The van der Waals surface area contributed by atoms with Gasteiger partial charge in [-0.3, -0.25) is 0 Å². The third-order valence-corrected chi connectivity index (χ3v) is 7.08. The lowest BCUT2D eigenvalue weighted by Crippen LogP contribution is -2.39. The van der Waals surface area contributed by atoms with Gasteiger partial charge in [-0.2, -0.15) is 0 Å². The van der Waals surface area contributed by atoms with Crippen LogP contribution in [0.4, 0.5) is 25.0 Å². The second kappa shape index (κ2) is 9.00. The topological polar surface area (TPSA) is 44.4 Å². The van der Waals surface area contributed by atoms with Crippen molar-refractivity contribution in [3.8, 4) is 0 Å². The molecule has 2 aromatic carbocycles. The van der Waals surface area contributed by atoms with Gasteiger partial charge in [-0.15, -0.1) is 0 Å². The summed E-state index contributed by atoms with van der Waals surface area (Å²) in [5.74, 6) is -0.146. The summed E-state index contributed by atoms with van der Waals surface area (Å²) >= 11 is 0. The number of rotatable bonds is 4.